The molecule has 0 amide bonds. The third kappa shape index (κ3) is 3.29. The van der Waals surface area contributed by atoms with E-state index in [1.54, 1.807) is 0 Å². The number of hydrogen-bond acceptors (Lipinski definition) is 3. The minimum absolute atomic E-state index is 0.120. The van der Waals surface area contributed by atoms with Crippen LogP contribution in [0.4, 0.5) is 0 Å². The van der Waals surface area contributed by atoms with Gasteiger partial charge in [-0.3, -0.25) is 5.10 Å². The molecule has 7 heteroatoms. The van der Waals surface area contributed by atoms with Crippen LogP contribution in [0.1, 0.15) is 13.8 Å². The molecular formula is C8H14BrN3O2S. The number of aromatic nitrogens is 2. The highest BCUT2D eigenvalue weighted by atomic mass is 79.9. The number of aromatic amines is 1. The lowest BCUT2D eigenvalue weighted by Gasteiger charge is -2.19. The average Bonchev–Trinajstić information content (AvgIpc) is 2.67. The summed E-state index contributed by atoms with van der Waals surface area (Å²) < 4.78 is 26.2. The lowest BCUT2D eigenvalue weighted by Crippen LogP contribution is -2.39. The second-order valence-corrected chi connectivity index (χ2v) is 5.92. The lowest BCUT2D eigenvalue weighted by molar-refractivity contribution is 0.484. The molecule has 0 aromatic carbocycles. The highest BCUT2D eigenvalue weighted by Gasteiger charge is 2.22. The minimum atomic E-state index is -3.45. The molecule has 1 heterocycles. The van der Waals surface area contributed by atoms with Gasteiger partial charge in [0.25, 0.3) is 0 Å². The fourth-order valence-corrected chi connectivity index (χ4v) is 3.41. The van der Waals surface area contributed by atoms with E-state index in [4.69, 9.17) is 0 Å². The largest absolute Gasteiger partial charge is 0.284 e. The minimum Gasteiger partial charge on any atom is -0.284 e. The Hall–Kier alpha value is -0.400. The molecule has 1 rings (SSSR count). The molecule has 1 unspecified atom stereocenters. The van der Waals surface area contributed by atoms with Crippen LogP contribution < -0.4 is 4.72 Å². The molecule has 1 aromatic heterocycles. The van der Waals surface area contributed by atoms with Crippen LogP contribution in [0.15, 0.2) is 17.3 Å². The molecule has 1 aromatic rings. The summed E-state index contributed by atoms with van der Waals surface area (Å²) in [6.07, 6.45) is 2.64. The SMILES string of the molecule is CC(C)C(CBr)NS(=O)(=O)c1cn[nH]c1. The van der Waals surface area contributed by atoms with Gasteiger partial charge in [-0.1, -0.05) is 29.8 Å². The quantitative estimate of drug-likeness (QED) is 0.799. The van der Waals surface area contributed by atoms with Gasteiger partial charge in [-0.05, 0) is 5.92 Å². The predicted molar refractivity (Wildman–Crippen MR) is 61.3 cm³/mol. The van der Waals surface area contributed by atoms with Crippen LogP contribution >= 0.6 is 15.9 Å². The Bertz CT molecular complexity index is 388. The van der Waals surface area contributed by atoms with E-state index in [2.05, 4.69) is 30.8 Å². The number of alkyl halides is 1. The summed E-state index contributed by atoms with van der Waals surface area (Å²) in [6.45, 7) is 3.92. The summed E-state index contributed by atoms with van der Waals surface area (Å²) in [7, 11) is -3.45. The van der Waals surface area contributed by atoms with Crippen molar-refractivity contribution in [1.82, 2.24) is 14.9 Å². The van der Waals surface area contributed by atoms with Gasteiger partial charge in [-0.15, -0.1) is 0 Å². The van der Waals surface area contributed by atoms with Crippen LogP contribution in [0.3, 0.4) is 0 Å². The second-order valence-electron chi connectivity index (χ2n) is 3.56. The summed E-state index contributed by atoms with van der Waals surface area (Å²) in [5.41, 5.74) is 0. The molecule has 86 valence electrons. The number of rotatable bonds is 5. The molecule has 0 aliphatic rings. The second kappa shape index (κ2) is 5.09. The van der Waals surface area contributed by atoms with Crippen molar-refractivity contribution in [3.05, 3.63) is 12.4 Å². The molecule has 5 nitrogen and oxygen atoms in total. The first kappa shape index (κ1) is 12.7. The summed E-state index contributed by atoms with van der Waals surface area (Å²) >= 11 is 3.28. The third-order valence-electron chi connectivity index (χ3n) is 2.06. The van der Waals surface area contributed by atoms with Crippen molar-refractivity contribution in [1.29, 1.82) is 0 Å². The van der Waals surface area contributed by atoms with E-state index >= 15 is 0 Å². The smallest absolute Gasteiger partial charge is 0.243 e. The van der Waals surface area contributed by atoms with Crippen molar-refractivity contribution in [3.63, 3.8) is 0 Å². The number of hydrogen-bond donors (Lipinski definition) is 2. The first-order valence-electron chi connectivity index (χ1n) is 4.54. The van der Waals surface area contributed by atoms with Crippen molar-refractivity contribution in [2.45, 2.75) is 24.8 Å². The molecule has 0 bridgehead atoms. The van der Waals surface area contributed by atoms with Gasteiger partial charge in [0.15, 0.2) is 0 Å². The van der Waals surface area contributed by atoms with Crippen molar-refractivity contribution in [3.8, 4) is 0 Å². The molecule has 1 atom stereocenters. The molecule has 0 spiro atoms. The fraction of sp³-hybridized carbons (Fsp3) is 0.625. The molecule has 0 aliphatic carbocycles. The van der Waals surface area contributed by atoms with E-state index < -0.39 is 10.0 Å². The monoisotopic (exact) mass is 295 g/mol. The van der Waals surface area contributed by atoms with Gasteiger partial charge in [0.1, 0.15) is 4.90 Å². The van der Waals surface area contributed by atoms with Crippen molar-refractivity contribution in [2.24, 2.45) is 5.92 Å². The Morgan fingerprint density at radius 3 is 2.67 bits per heavy atom. The van der Waals surface area contributed by atoms with Crippen LogP contribution in [0, 0.1) is 5.92 Å². The highest BCUT2D eigenvalue weighted by molar-refractivity contribution is 9.09. The Kier molecular flexibility index (Phi) is 4.30. The van der Waals surface area contributed by atoms with E-state index in [9.17, 15) is 8.42 Å². The van der Waals surface area contributed by atoms with Crippen molar-refractivity contribution < 1.29 is 8.42 Å². The topological polar surface area (TPSA) is 74.8 Å². The van der Waals surface area contributed by atoms with Gasteiger partial charge in [-0.2, -0.15) is 5.10 Å². The molecule has 0 radical (unpaired) electrons. The summed E-state index contributed by atoms with van der Waals surface area (Å²) in [4.78, 5) is 0.161. The van der Waals surface area contributed by atoms with E-state index in [1.165, 1.54) is 12.4 Å². The Balaban J connectivity index is 2.81. The number of nitrogens with zero attached hydrogens (tertiary/aromatic N) is 1. The zero-order valence-corrected chi connectivity index (χ0v) is 11.0. The van der Waals surface area contributed by atoms with E-state index in [-0.39, 0.29) is 16.9 Å². The maximum absolute atomic E-state index is 11.8. The molecule has 0 saturated carbocycles. The van der Waals surface area contributed by atoms with Crippen molar-refractivity contribution in [2.75, 3.05) is 5.33 Å². The van der Waals surface area contributed by atoms with E-state index in [1.807, 2.05) is 13.8 Å². The molecule has 15 heavy (non-hydrogen) atoms. The third-order valence-corrected chi connectivity index (χ3v) is 4.22. The number of halogens is 1. The van der Waals surface area contributed by atoms with Crippen LogP contribution in [0.5, 0.6) is 0 Å². The van der Waals surface area contributed by atoms with Crippen LogP contribution in [-0.2, 0) is 10.0 Å². The lowest BCUT2D eigenvalue weighted by atomic mass is 10.1. The first-order valence-corrected chi connectivity index (χ1v) is 7.15. The van der Waals surface area contributed by atoms with Crippen molar-refractivity contribution >= 4 is 26.0 Å². The number of sulfonamides is 1. The molecule has 0 fully saturated rings. The van der Waals surface area contributed by atoms with Gasteiger partial charge < -0.3 is 0 Å². The standard InChI is InChI=1S/C8H14BrN3O2S/c1-6(2)8(3-9)12-15(13,14)7-4-10-11-5-7/h4-6,8,12H,3H2,1-2H3,(H,10,11). The molecule has 2 N–H and O–H groups in total. The molecular weight excluding hydrogens is 282 g/mol. The zero-order valence-electron chi connectivity index (χ0n) is 8.57. The Labute approximate surface area is 97.8 Å². The Morgan fingerprint density at radius 2 is 2.27 bits per heavy atom. The Morgan fingerprint density at radius 1 is 1.60 bits per heavy atom. The summed E-state index contributed by atoms with van der Waals surface area (Å²) in [6, 6.07) is -0.120. The maximum atomic E-state index is 11.8. The fourth-order valence-electron chi connectivity index (χ4n) is 0.999. The van der Waals surface area contributed by atoms with Crippen LogP contribution in [0.2, 0.25) is 0 Å². The van der Waals surface area contributed by atoms with E-state index in [0.717, 1.165) is 0 Å². The van der Waals surface area contributed by atoms with Gasteiger partial charge in [0.05, 0.1) is 6.20 Å². The summed E-state index contributed by atoms with van der Waals surface area (Å²) in [5, 5.41) is 6.67. The zero-order chi connectivity index (χ0) is 11.5. The van der Waals surface area contributed by atoms with Gasteiger partial charge >= 0.3 is 0 Å². The highest BCUT2D eigenvalue weighted by Crippen LogP contribution is 2.11. The summed E-state index contributed by atoms with van der Waals surface area (Å²) in [5.74, 6) is 0.228. The van der Waals surface area contributed by atoms with Crippen LogP contribution in [-0.4, -0.2) is 30.0 Å². The molecule has 0 saturated heterocycles. The number of nitrogens with one attached hydrogen (secondary N) is 2. The molecule has 0 aliphatic heterocycles. The van der Waals surface area contributed by atoms with Crippen LogP contribution in [0.25, 0.3) is 0 Å². The predicted octanol–water partition coefficient (Wildman–Crippen LogP) is 1.11. The first-order chi connectivity index (χ1) is 6.97. The van der Waals surface area contributed by atoms with E-state index in [0.29, 0.717) is 5.33 Å². The number of H-pyrrole nitrogens is 1. The van der Waals surface area contributed by atoms with Gasteiger partial charge in [-0.25, -0.2) is 13.1 Å². The van der Waals surface area contributed by atoms with Gasteiger partial charge in [0.2, 0.25) is 10.0 Å². The normalized spacial score (nSPS) is 14.4. The average molecular weight is 296 g/mol. The van der Waals surface area contributed by atoms with Gasteiger partial charge in [0, 0.05) is 17.6 Å². The maximum Gasteiger partial charge on any atom is 0.243 e.